The summed E-state index contributed by atoms with van der Waals surface area (Å²) in [7, 11) is 0. The molecular formula is C12H21NO. The van der Waals surface area contributed by atoms with Gasteiger partial charge in [-0.05, 0) is 25.6 Å². The van der Waals surface area contributed by atoms with E-state index in [0.29, 0.717) is 0 Å². The maximum absolute atomic E-state index is 9.02. The number of benzene rings is 1. The molecule has 0 aliphatic rings. The highest BCUT2D eigenvalue weighted by atomic mass is 16.3. The Balaban J connectivity index is 0.000000292. The minimum Gasteiger partial charge on any atom is -0.389 e. The first-order valence-electron chi connectivity index (χ1n) is 5.16. The number of hydrogen-bond donors (Lipinski definition) is 2. The van der Waals surface area contributed by atoms with Crippen LogP contribution in [-0.4, -0.2) is 18.2 Å². The first kappa shape index (κ1) is 13.1. The molecule has 0 radical (unpaired) electrons. The third-order valence-corrected chi connectivity index (χ3v) is 1.78. The van der Waals surface area contributed by atoms with Crippen molar-refractivity contribution in [2.75, 3.05) is 13.1 Å². The van der Waals surface area contributed by atoms with Crippen LogP contribution in [0.15, 0.2) is 30.3 Å². The highest BCUT2D eigenvalue weighted by Gasteiger charge is 1.95. The number of aliphatic hydroxyl groups excluding tert-OH is 1. The molecule has 0 bridgehead atoms. The summed E-state index contributed by atoms with van der Waals surface area (Å²) < 4.78 is 0. The second-order valence-electron chi connectivity index (χ2n) is 3.04. The molecule has 1 rings (SSSR count). The van der Waals surface area contributed by atoms with Gasteiger partial charge in [-0.3, -0.25) is 0 Å². The fourth-order valence-electron chi connectivity index (χ4n) is 0.982. The molecule has 0 fully saturated rings. The SMILES string of the molecule is CC(O)c1ccccc1.CCNCC. The Labute approximate surface area is 87.0 Å². The van der Waals surface area contributed by atoms with Crippen LogP contribution < -0.4 is 5.32 Å². The lowest BCUT2D eigenvalue weighted by atomic mass is 10.1. The molecule has 1 aromatic carbocycles. The summed E-state index contributed by atoms with van der Waals surface area (Å²) in [5.41, 5.74) is 0.970. The van der Waals surface area contributed by atoms with Crippen LogP contribution in [0.25, 0.3) is 0 Å². The molecule has 0 saturated heterocycles. The normalized spacial score (nSPS) is 11.4. The highest BCUT2D eigenvalue weighted by Crippen LogP contribution is 2.08. The van der Waals surface area contributed by atoms with Gasteiger partial charge < -0.3 is 10.4 Å². The van der Waals surface area contributed by atoms with Gasteiger partial charge in [-0.25, -0.2) is 0 Å². The van der Waals surface area contributed by atoms with E-state index in [0.717, 1.165) is 18.7 Å². The Hall–Kier alpha value is -0.860. The van der Waals surface area contributed by atoms with Crippen molar-refractivity contribution in [3.63, 3.8) is 0 Å². The first-order chi connectivity index (χ1) is 6.72. The van der Waals surface area contributed by atoms with Crippen LogP contribution in [0.4, 0.5) is 0 Å². The molecule has 1 aromatic rings. The third-order valence-electron chi connectivity index (χ3n) is 1.78. The number of rotatable bonds is 3. The van der Waals surface area contributed by atoms with E-state index in [2.05, 4.69) is 19.2 Å². The molecule has 0 saturated carbocycles. The summed E-state index contributed by atoms with van der Waals surface area (Å²) in [4.78, 5) is 0. The van der Waals surface area contributed by atoms with Gasteiger partial charge in [-0.1, -0.05) is 44.2 Å². The maximum atomic E-state index is 9.02. The summed E-state index contributed by atoms with van der Waals surface area (Å²) in [6, 6.07) is 9.59. The van der Waals surface area contributed by atoms with E-state index in [1.165, 1.54) is 0 Å². The van der Waals surface area contributed by atoms with Crippen molar-refractivity contribution in [2.45, 2.75) is 26.9 Å². The maximum Gasteiger partial charge on any atom is 0.0761 e. The van der Waals surface area contributed by atoms with Crippen LogP contribution in [0.3, 0.4) is 0 Å². The molecule has 0 spiro atoms. The van der Waals surface area contributed by atoms with E-state index in [-0.39, 0.29) is 6.10 Å². The predicted molar refractivity (Wildman–Crippen MR) is 61.3 cm³/mol. The van der Waals surface area contributed by atoms with Gasteiger partial charge in [-0.15, -0.1) is 0 Å². The minimum absolute atomic E-state index is 0.341. The van der Waals surface area contributed by atoms with Crippen molar-refractivity contribution in [1.82, 2.24) is 5.32 Å². The van der Waals surface area contributed by atoms with Crippen LogP contribution in [0.5, 0.6) is 0 Å². The summed E-state index contributed by atoms with van der Waals surface area (Å²) >= 11 is 0. The van der Waals surface area contributed by atoms with Gasteiger partial charge in [0.05, 0.1) is 6.10 Å². The number of hydrogen-bond acceptors (Lipinski definition) is 2. The second kappa shape index (κ2) is 8.73. The first-order valence-corrected chi connectivity index (χ1v) is 5.16. The monoisotopic (exact) mass is 195 g/mol. The molecule has 2 nitrogen and oxygen atoms in total. The molecule has 0 amide bonds. The molecule has 80 valence electrons. The molecule has 2 N–H and O–H groups in total. The van der Waals surface area contributed by atoms with Crippen molar-refractivity contribution >= 4 is 0 Å². The highest BCUT2D eigenvalue weighted by molar-refractivity contribution is 5.16. The lowest BCUT2D eigenvalue weighted by Gasteiger charge is -2.00. The molecule has 1 atom stereocenters. The summed E-state index contributed by atoms with van der Waals surface area (Å²) in [5, 5.41) is 12.1. The van der Waals surface area contributed by atoms with Gasteiger partial charge in [0.25, 0.3) is 0 Å². The largest absolute Gasteiger partial charge is 0.389 e. The van der Waals surface area contributed by atoms with E-state index in [1.807, 2.05) is 30.3 Å². The summed E-state index contributed by atoms with van der Waals surface area (Å²) in [6.07, 6.45) is -0.341. The van der Waals surface area contributed by atoms with Gasteiger partial charge in [0, 0.05) is 0 Å². The molecule has 0 heterocycles. The van der Waals surface area contributed by atoms with E-state index in [9.17, 15) is 0 Å². The smallest absolute Gasteiger partial charge is 0.0761 e. The van der Waals surface area contributed by atoms with E-state index in [1.54, 1.807) is 6.92 Å². The Morgan fingerprint density at radius 1 is 1.14 bits per heavy atom. The van der Waals surface area contributed by atoms with E-state index < -0.39 is 0 Å². The average molecular weight is 195 g/mol. The average Bonchev–Trinajstić information content (AvgIpc) is 2.21. The van der Waals surface area contributed by atoms with Gasteiger partial charge in [-0.2, -0.15) is 0 Å². The summed E-state index contributed by atoms with van der Waals surface area (Å²) in [6.45, 7) is 8.15. The van der Waals surface area contributed by atoms with Crippen molar-refractivity contribution in [3.05, 3.63) is 35.9 Å². The molecule has 0 aromatic heterocycles. The van der Waals surface area contributed by atoms with Gasteiger partial charge >= 0.3 is 0 Å². The lowest BCUT2D eigenvalue weighted by molar-refractivity contribution is 0.199. The van der Waals surface area contributed by atoms with E-state index >= 15 is 0 Å². The molecule has 14 heavy (non-hydrogen) atoms. The second-order valence-corrected chi connectivity index (χ2v) is 3.04. The third kappa shape index (κ3) is 6.63. The van der Waals surface area contributed by atoms with Crippen LogP contribution in [0, 0.1) is 0 Å². The van der Waals surface area contributed by atoms with E-state index in [4.69, 9.17) is 5.11 Å². The number of nitrogens with one attached hydrogen (secondary N) is 1. The van der Waals surface area contributed by atoms with Crippen LogP contribution in [0.2, 0.25) is 0 Å². The summed E-state index contributed by atoms with van der Waals surface area (Å²) in [5.74, 6) is 0. The Morgan fingerprint density at radius 3 is 1.86 bits per heavy atom. The Bertz CT molecular complexity index is 207. The van der Waals surface area contributed by atoms with Crippen molar-refractivity contribution in [2.24, 2.45) is 0 Å². The molecule has 0 aliphatic heterocycles. The van der Waals surface area contributed by atoms with Crippen LogP contribution >= 0.6 is 0 Å². The zero-order chi connectivity index (χ0) is 10.8. The van der Waals surface area contributed by atoms with Crippen LogP contribution in [0.1, 0.15) is 32.4 Å². The van der Waals surface area contributed by atoms with Crippen molar-refractivity contribution in [3.8, 4) is 0 Å². The molecule has 0 aliphatic carbocycles. The molecular weight excluding hydrogens is 174 g/mol. The Morgan fingerprint density at radius 2 is 1.64 bits per heavy atom. The zero-order valence-electron chi connectivity index (χ0n) is 9.33. The topological polar surface area (TPSA) is 32.3 Å². The van der Waals surface area contributed by atoms with Gasteiger partial charge in [0.2, 0.25) is 0 Å². The fraction of sp³-hybridized carbons (Fsp3) is 0.500. The van der Waals surface area contributed by atoms with Gasteiger partial charge in [0.15, 0.2) is 0 Å². The van der Waals surface area contributed by atoms with Crippen molar-refractivity contribution < 1.29 is 5.11 Å². The molecule has 1 unspecified atom stereocenters. The quantitative estimate of drug-likeness (QED) is 0.776. The zero-order valence-corrected chi connectivity index (χ0v) is 9.33. The van der Waals surface area contributed by atoms with Crippen molar-refractivity contribution in [1.29, 1.82) is 0 Å². The predicted octanol–water partition coefficient (Wildman–Crippen LogP) is 2.36. The minimum atomic E-state index is -0.341. The fourth-order valence-corrected chi connectivity index (χ4v) is 0.982. The molecule has 2 heteroatoms. The standard InChI is InChI=1S/C8H10O.C4H11N/c1-7(9)8-5-3-2-4-6-8;1-3-5-4-2/h2-7,9H,1H3;5H,3-4H2,1-2H3. The van der Waals surface area contributed by atoms with Crippen LogP contribution in [-0.2, 0) is 0 Å². The lowest BCUT2D eigenvalue weighted by Crippen LogP contribution is -2.09. The van der Waals surface area contributed by atoms with Gasteiger partial charge in [0.1, 0.15) is 0 Å². The number of aliphatic hydroxyl groups is 1. The Kier molecular flexibility index (Phi) is 8.19.